The highest BCUT2D eigenvalue weighted by molar-refractivity contribution is 7.99. The molecule has 1 aromatic carbocycles. The molecule has 31 heavy (non-hydrogen) atoms. The Bertz CT molecular complexity index is 963. The third kappa shape index (κ3) is 4.79. The number of ether oxygens (including phenoxy) is 2. The number of thioether (sulfide) groups is 1. The summed E-state index contributed by atoms with van der Waals surface area (Å²) in [4.78, 5) is 26.2. The molecule has 0 spiro atoms. The van der Waals surface area contributed by atoms with Gasteiger partial charge in [0.2, 0.25) is 5.91 Å². The number of benzene rings is 1. The van der Waals surface area contributed by atoms with Crippen LogP contribution in [0.4, 0.5) is 0 Å². The number of aromatic nitrogens is 3. The van der Waals surface area contributed by atoms with E-state index >= 15 is 0 Å². The maximum atomic E-state index is 13.0. The Hall–Kier alpha value is -2.75. The summed E-state index contributed by atoms with van der Waals surface area (Å²) in [5, 5.41) is 17.9. The minimum absolute atomic E-state index is 0.00327. The average Bonchev–Trinajstić information content (AvgIpc) is 3.40. The smallest absolute Gasteiger partial charge is 0.323 e. The van der Waals surface area contributed by atoms with Gasteiger partial charge in [0.15, 0.2) is 16.7 Å². The van der Waals surface area contributed by atoms with Gasteiger partial charge in [-0.1, -0.05) is 24.8 Å². The average molecular weight is 447 g/mol. The molecule has 9 nitrogen and oxygen atoms in total. The number of fused-ring (bicyclic) bond motifs is 1. The van der Waals surface area contributed by atoms with Gasteiger partial charge in [-0.25, -0.2) is 0 Å². The number of hydrogen-bond acceptors (Lipinski definition) is 7. The lowest BCUT2D eigenvalue weighted by molar-refractivity contribution is -0.137. The molecule has 1 unspecified atom stereocenters. The fourth-order valence-electron chi connectivity index (χ4n) is 4.02. The van der Waals surface area contributed by atoms with E-state index in [0.717, 1.165) is 36.3 Å². The molecule has 1 N–H and O–H groups in total. The SMILES string of the molecule is CCCc1nnc(SCC(=O)N2CCCC2c2ccc3c(c2)OCCO3)n1CC(=O)O. The quantitative estimate of drug-likeness (QED) is 0.617. The van der Waals surface area contributed by atoms with Gasteiger partial charge in [0.1, 0.15) is 25.6 Å². The van der Waals surface area contributed by atoms with Gasteiger partial charge in [0.05, 0.1) is 11.8 Å². The van der Waals surface area contributed by atoms with Crippen molar-refractivity contribution in [1.29, 1.82) is 0 Å². The third-order valence-electron chi connectivity index (χ3n) is 5.41. The molecule has 4 rings (SSSR count). The number of carboxylic acids is 1. The largest absolute Gasteiger partial charge is 0.486 e. The second kappa shape index (κ2) is 9.59. The highest BCUT2D eigenvalue weighted by atomic mass is 32.2. The lowest BCUT2D eigenvalue weighted by Gasteiger charge is -2.26. The second-order valence-corrected chi connectivity index (χ2v) is 8.51. The molecule has 3 heterocycles. The lowest BCUT2D eigenvalue weighted by atomic mass is 10.0. The van der Waals surface area contributed by atoms with Crippen LogP contribution in [0, 0.1) is 0 Å². The van der Waals surface area contributed by atoms with E-state index in [-0.39, 0.29) is 24.2 Å². The minimum atomic E-state index is -0.955. The van der Waals surface area contributed by atoms with E-state index in [1.54, 1.807) is 4.57 Å². The Morgan fingerprint density at radius 2 is 2.03 bits per heavy atom. The fraction of sp³-hybridized carbons (Fsp3) is 0.524. The number of likely N-dealkylation sites (tertiary alicyclic amines) is 1. The van der Waals surface area contributed by atoms with Gasteiger partial charge in [-0.2, -0.15) is 0 Å². The normalized spacial score (nSPS) is 17.7. The summed E-state index contributed by atoms with van der Waals surface area (Å²) in [6.07, 6.45) is 3.32. The number of amides is 1. The van der Waals surface area contributed by atoms with Gasteiger partial charge in [0.25, 0.3) is 0 Å². The molecule has 0 saturated carbocycles. The summed E-state index contributed by atoms with van der Waals surface area (Å²) in [6, 6.07) is 5.87. The lowest BCUT2D eigenvalue weighted by Crippen LogP contribution is -2.32. The summed E-state index contributed by atoms with van der Waals surface area (Å²) in [5.74, 6) is 1.33. The zero-order valence-corrected chi connectivity index (χ0v) is 18.3. The van der Waals surface area contributed by atoms with Crippen LogP contribution in [-0.2, 0) is 22.6 Å². The number of carboxylic acid groups (broad SMARTS) is 1. The highest BCUT2D eigenvalue weighted by Crippen LogP contribution is 2.38. The number of nitrogens with zero attached hydrogens (tertiary/aromatic N) is 4. The topological polar surface area (TPSA) is 107 Å². The Morgan fingerprint density at radius 3 is 2.81 bits per heavy atom. The van der Waals surface area contributed by atoms with Crippen molar-refractivity contribution in [3.8, 4) is 11.5 Å². The van der Waals surface area contributed by atoms with Gasteiger partial charge in [-0.05, 0) is 37.0 Å². The summed E-state index contributed by atoms with van der Waals surface area (Å²) in [5.41, 5.74) is 1.04. The molecule has 1 atom stereocenters. The van der Waals surface area contributed by atoms with Crippen LogP contribution in [0.3, 0.4) is 0 Å². The standard InChI is InChI=1S/C21H26N4O5S/c1-2-4-18-22-23-21(25(18)12-20(27)28)31-13-19(26)24-8-3-5-15(24)14-6-7-16-17(11-14)30-10-9-29-16/h6-7,11,15H,2-5,8-10,12-13H2,1H3,(H,27,28). The van der Waals surface area contributed by atoms with E-state index in [1.165, 1.54) is 11.8 Å². The summed E-state index contributed by atoms with van der Waals surface area (Å²) in [7, 11) is 0. The van der Waals surface area contributed by atoms with E-state index in [1.807, 2.05) is 30.0 Å². The van der Waals surface area contributed by atoms with Crippen LogP contribution in [0.2, 0.25) is 0 Å². The monoisotopic (exact) mass is 446 g/mol. The minimum Gasteiger partial charge on any atom is -0.486 e. The van der Waals surface area contributed by atoms with Crippen molar-refractivity contribution in [3.05, 3.63) is 29.6 Å². The Morgan fingerprint density at radius 1 is 1.23 bits per heavy atom. The van der Waals surface area contributed by atoms with Crippen molar-refractivity contribution in [2.75, 3.05) is 25.5 Å². The molecule has 2 aliphatic rings. The number of rotatable bonds is 8. The van der Waals surface area contributed by atoms with Crippen LogP contribution < -0.4 is 9.47 Å². The van der Waals surface area contributed by atoms with E-state index < -0.39 is 5.97 Å². The maximum absolute atomic E-state index is 13.0. The van der Waals surface area contributed by atoms with Crippen LogP contribution in [0.1, 0.15) is 43.6 Å². The number of carbonyl (C=O) groups excluding carboxylic acids is 1. The number of aryl methyl sites for hydroxylation is 1. The van der Waals surface area contributed by atoms with Gasteiger partial charge in [-0.3, -0.25) is 14.2 Å². The van der Waals surface area contributed by atoms with E-state index in [0.29, 0.717) is 37.2 Å². The molecule has 2 aromatic rings. The molecule has 1 fully saturated rings. The molecule has 2 aliphatic heterocycles. The first kappa shape index (κ1) is 21.5. The Kier molecular flexibility index (Phi) is 6.64. The van der Waals surface area contributed by atoms with E-state index in [9.17, 15) is 14.7 Å². The van der Waals surface area contributed by atoms with Crippen molar-refractivity contribution in [1.82, 2.24) is 19.7 Å². The third-order valence-corrected chi connectivity index (χ3v) is 6.36. The molecular formula is C21H26N4O5S. The molecule has 1 aromatic heterocycles. The fourth-order valence-corrected chi connectivity index (χ4v) is 4.86. The molecule has 1 amide bonds. The second-order valence-electron chi connectivity index (χ2n) is 7.57. The summed E-state index contributed by atoms with van der Waals surface area (Å²) < 4.78 is 12.9. The van der Waals surface area contributed by atoms with Crippen LogP contribution in [-0.4, -0.2) is 62.2 Å². The zero-order chi connectivity index (χ0) is 21.8. The molecular weight excluding hydrogens is 420 g/mol. The van der Waals surface area contributed by atoms with Crippen molar-refractivity contribution in [3.63, 3.8) is 0 Å². The predicted molar refractivity (Wildman–Crippen MR) is 113 cm³/mol. The zero-order valence-electron chi connectivity index (χ0n) is 17.5. The van der Waals surface area contributed by atoms with Gasteiger partial charge >= 0.3 is 5.97 Å². The molecule has 1 saturated heterocycles. The van der Waals surface area contributed by atoms with Crippen molar-refractivity contribution < 1.29 is 24.2 Å². The number of carbonyl (C=O) groups is 2. The predicted octanol–water partition coefficient (Wildman–Crippen LogP) is 2.54. The number of aliphatic carboxylic acids is 1. The van der Waals surface area contributed by atoms with E-state index in [2.05, 4.69) is 10.2 Å². The van der Waals surface area contributed by atoms with Crippen molar-refractivity contribution >= 4 is 23.6 Å². The first-order chi connectivity index (χ1) is 15.1. The summed E-state index contributed by atoms with van der Waals surface area (Å²) >= 11 is 1.24. The van der Waals surface area contributed by atoms with Crippen molar-refractivity contribution in [2.24, 2.45) is 0 Å². The van der Waals surface area contributed by atoms with Gasteiger partial charge in [-0.15, -0.1) is 10.2 Å². The van der Waals surface area contributed by atoms with Crippen LogP contribution in [0.5, 0.6) is 11.5 Å². The molecule has 0 aliphatic carbocycles. The van der Waals surface area contributed by atoms with Crippen LogP contribution in [0.15, 0.2) is 23.4 Å². The van der Waals surface area contributed by atoms with Crippen molar-refractivity contribution in [2.45, 2.75) is 50.4 Å². The molecule has 0 bridgehead atoms. The Labute approximate surface area is 184 Å². The first-order valence-corrected chi connectivity index (χ1v) is 11.5. The van der Waals surface area contributed by atoms with Gasteiger partial charge < -0.3 is 19.5 Å². The van der Waals surface area contributed by atoms with E-state index in [4.69, 9.17) is 9.47 Å². The van der Waals surface area contributed by atoms with Gasteiger partial charge in [0, 0.05) is 13.0 Å². The molecule has 10 heteroatoms. The highest BCUT2D eigenvalue weighted by Gasteiger charge is 2.31. The molecule has 0 radical (unpaired) electrons. The number of hydrogen-bond donors (Lipinski definition) is 1. The first-order valence-electron chi connectivity index (χ1n) is 10.5. The summed E-state index contributed by atoms with van der Waals surface area (Å²) in [6.45, 7) is 3.56. The molecule has 166 valence electrons. The maximum Gasteiger partial charge on any atom is 0.323 e. The Balaban J connectivity index is 1.44. The van der Waals surface area contributed by atoms with Crippen LogP contribution >= 0.6 is 11.8 Å². The van der Waals surface area contributed by atoms with Crippen LogP contribution in [0.25, 0.3) is 0 Å².